The predicted octanol–water partition coefficient (Wildman–Crippen LogP) is 6.05. The molecule has 0 saturated carbocycles. The molecule has 3 aromatic carbocycles. The highest BCUT2D eigenvalue weighted by Gasteiger charge is 2.31. The van der Waals surface area contributed by atoms with Crippen molar-refractivity contribution in [2.24, 2.45) is 0 Å². The predicted molar refractivity (Wildman–Crippen MR) is 108 cm³/mol. The van der Waals surface area contributed by atoms with Gasteiger partial charge < -0.3 is 10.1 Å². The summed E-state index contributed by atoms with van der Waals surface area (Å²) >= 11 is 0. The molecule has 7 heteroatoms. The number of fused-ring (bicyclic) bond motifs is 1. The quantitative estimate of drug-likeness (QED) is 0.447. The van der Waals surface area contributed by atoms with Crippen molar-refractivity contribution in [3.8, 4) is 17.0 Å². The zero-order chi connectivity index (χ0) is 21.1. The minimum atomic E-state index is -4.77. The number of rotatable bonds is 4. The molecule has 1 amide bonds. The number of hydrogen-bond donors (Lipinski definition) is 1. The molecular weight excluding hydrogens is 393 g/mol. The monoisotopic (exact) mass is 408 g/mol. The van der Waals surface area contributed by atoms with Gasteiger partial charge in [-0.15, -0.1) is 13.2 Å². The molecule has 0 unspecified atom stereocenters. The van der Waals surface area contributed by atoms with E-state index in [0.29, 0.717) is 28.0 Å². The summed E-state index contributed by atoms with van der Waals surface area (Å²) in [5.41, 5.74) is 2.45. The molecule has 0 fully saturated rings. The van der Waals surface area contributed by atoms with Crippen molar-refractivity contribution >= 4 is 22.5 Å². The summed E-state index contributed by atoms with van der Waals surface area (Å²) in [7, 11) is 0. The largest absolute Gasteiger partial charge is 0.573 e. The number of benzene rings is 3. The summed E-state index contributed by atoms with van der Waals surface area (Å²) in [6.07, 6.45) is -4.77. The van der Waals surface area contributed by atoms with Gasteiger partial charge in [0.1, 0.15) is 5.75 Å². The fourth-order valence-electron chi connectivity index (χ4n) is 3.05. The summed E-state index contributed by atoms with van der Waals surface area (Å²) < 4.78 is 41.6. The topological polar surface area (TPSA) is 51.2 Å². The fourth-order valence-corrected chi connectivity index (χ4v) is 3.05. The summed E-state index contributed by atoms with van der Waals surface area (Å²) in [5, 5.41) is 3.63. The number of aromatic nitrogens is 1. The molecule has 0 bridgehead atoms. The van der Waals surface area contributed by atoms with E-state index in [4.69, 9.17) is 0 Å². The number of ether oxygens (including phenoxy) is 1. The minimum absolute atomic E-state index is 0.282. The molecule has 0 spiro atoms. The zero-order valence-corrected chi connectivity index (χ0v) is 15.5. The normalized spacial score (nSPS) is 11.3. The van der Waals surface area contributed by atoms with Gasteiger partial charge in [-0.25, -0.2) is 4.98 Å². The molecule has 4 rings (SSSR count). The molecule has 0 aliphatic carbocycles. The van der Waals surface area contributed by atoms with E-state index in [0.717, 1.165) is 5.39 Å². The molecule has 0 atom stereocenters. The number of hydrogen-bond acceptors (Lipinski definition) is 3. The van der Waals surface area contributed by atoms with Gasteiger partial charge in [-0.2, -0.15) is 0 Å². The molecule has 0 aliphatic rings. The molecule has 1 N–H and O–H groups in total. The van der Waals surface area contributed by atoms with Gasteiger partial charge in [0.15, 0.2) is 0 Å². The van der Waals surface area contributed by atoms with Crippen LogP contribution >= 0.6 is 0 Å². The number of carbonyl (C=O) groups excluding carboxylic acids is 1. The summed E-state index contributed by atoms with van der Waals surface area (Å²) in [6.45, 7) is 0. The van der Waals surface area contributed by atoms with Crippen molar-refractivity contribution in [2.75, 3.05) is 5.32 Å². The standard InChI is InChI=1S/C23H15F3N2O2/c24-23(25,26)30-18-10-4-9-17(14-18)19-13-12-15-8-5-11-20(21(15)27-19)28-22(29)16-6-2-1-3-7-16/h1-14H,(H,28,29). The number of para-hydroxylation sites is 1. The third-order valence-electron chi connectivity index (χ3n) is 4.37. The summed E-state index contributed by atoms with van der Waals surface area (Å²) in [5.74, 6) is -0.608. The summed E-state index contributed by atoms with van der Waals surface area (Å²) in [4.78, 5) is 17.1. The number of carbonyl (C=O) groups is 1. The van der Waals surface area contributed by atoms with Crippen LogP contribution < -0.4 is 10.1 Å². The van der Waals surface area contributed by atoms with E-state index < -0.39 is 6.36 Å². The lowest BCUT2D eigenvalue weighted by Gasteiger charge is -2.11. The number of anilines is 1. The van der Waals surface area contributed by atoms with E-state index in [1.54, 1.807) is 54.6 Å². The van der Waals surface area contributed by atoms with Gasteiger partial charge in [0.25, 0.3) is 5.91 Å². The van der Waals surface area contributed by atoms with E-state index in [2.05, 4.69) is 15.0 Å². The first-order valence-electron chi connectivity index (χ1n) is 9.01. The highest BCUT2D eigenvalue weighted by atomic mass is 19.4. The number of nitrogens with one attached hydrogen (secondary N) is 1. The lowest BCUT2D eigenvalue weighted by molar-refractivity contribution is -0.274. The third kappa shape index (κ3) is 4.41. The lowest BCUT2D eigenvalue weighted by Crippen LogP contribution is -2.17. The Morgan fingerprint density at radius 2 is 1.63 bits per heavy atom. The second-order valence-electron chi connectivity index (χ2n) is 6.47. The molecule has 0 radical (unpaired) electrons. The van der Waals surface area contributed by atoms with Crippen LogP contribution in [0.1, 0.15) is 10.4 Å². The van der Waals surface area contributed by atoms with E-state index in [-0.39, 0.29) is 11.7 Å². The van der Waals surface area contributed by atoms with Crippen LogP contribution in [-0.2, 0) is 0 Å². The number of amides is 1. The van der Waals surface area contributed by atoms with Crippen molar-refractivity contribution < 1.29 is 22.7 Å². The van der Waals surface area contributed by atoms with E-state index in [9.17, 15) is 18.0 Å². The van der Waals surface area contributed by atoms with Crippen molar-refractivity contribution in [1.29, 1.82) is 0 Å². The molecule has 30 heavy (non-hydrogen) atoms. The van der Waals surface area contributed by atoms with Crippen molar-refractivity contribution in [2.45, 2.75) is 6.36 Å². The zero-order valence-electron chi connectivity index (χ0n) is 15.5. The Labute approximate surface area is 169 Å². The maximum absolute atomic E-state index is 12.5. The lowest BCUT2D eigenvalue weighted by atomic mass is 10.1. The van der Waals surface area contributed by atoms with Gasteiger partial charge in [0, 0.05) is 16.5 Å². The highest BCUT2D eigenvalue weighted by Crippen LogP contribution is 2.30. The van der Waals surface area contributed by atoms with Gasteiger partial charge >= 0.3 is 6.36 Å². The first kappa shape index (κ1) is 19.4. The molecule has 4 nitrogen and oxygen atoms in total. The molecule has 1 heterocycles. The third-order valence-corrected chi connectivity index (χ3v) is 4.37. The molecule has 150 valence electrons. The van der Waals surface area contributed by atoms with E-state index in [1.165, 1.54) is 18.2 Å². The number of nitrogens with zero attached hydrogens (tertiary/aromatic N) is 1. The second-order valence-corrected chi connectivity index (χ2v) is 6.47. The highest BCUT2D eigenvalue weighted by molar-refractivity contribution is 6.08. The number of alkyl halides is 3. The van der Waals surface area contributed by atoms with Crippen LogP contribution in [0.5, 0.6) is 5.75 Å². The fraction of sp³-hybridized carbons (Fsp3) is 0.0435. The average Bonchev–Trinajstić information content (AvgIpc) is 2.73. The van der Waals surface area contributed by atoms with Gasteiger partial charge in [-0.05, 0) is 36.4 Å². The average molecular weight is 408 g/mol. The molecule has 1 aromatic heterocycles. The van der Waals surface area contributed by atoms with Crippen LogP contribution in [0.25, 0.3) is 22.2 Å². The van der Waals surface area contributed by atoms with Crippen LogP contribution in [0.4, 0.5) is 18.9 Å². The van der Waals surface area contributed by atoms with Crippen LogP contribution in [0.15, 0.2) is 84.9 Å². The van der Waals surface area contributed by atoms with Gasteiger partial charge in [0.2, 0.25) is 0 Å². The van der Waals surface area contributed by atoms with Crippen molar-refractivity contribution in [1.82, 2.24) is 4.98 Å². The molecule has 0 aliphatic heterocycles. The van der Waals surface area contributed by atoms with Crippen LogP contribution in [0.2, 0.25) is 0 Å². The van der Waals surface area contributed by atoms with Crippen LogP contribution in [-0.4, -0.2) is 17.3 Å². The molecule has 4 aromatic rings. The van der Waals surface area contributed by atoms with Crippen molar-refractivity contribution in [3.63, 3.8) is 0 Å². The van der Waals surface area contributed by atoms with E-state index >= 15 is 0 Å². The van der Waals surface area contributed by atoms with Crippen LogP contribution in [0.3, 0.4) is 0 Å². The van der Waals surface area contributed by atoms with Crippen molar-refractivity contribution in [3.05, 3.63) is 90.5 Å². The maximum atomic E-state index is 12.5. The first-order chi connectivity index (χ1) is 14.4. The first-order valence-corrected chi connectivity index (χ1v) is 9.01. The van der Waals surface area contributed by atoms with Gasteiger partial charge in [0.05, 0.1) is 16.9 Å². The Balaban J connectivity index is 1.70. The Morgan fingerprint density at radius 1 is 0.867 bits per heavy atom. The Morgan fingerprint density at radius 3 is 2.40 bits per heavy atom. The Bertz CT molecular complexity index is 1210. The smallest absolute Gasteiger partial charge is 0.406 e. The number of halogens is 3. The van der Waals surface area contributed by atoms with Crippen LogP contribution in [0, 0.1) is 0 Å². The number of pyridine rings is 1. The van der Waals surface area contributed by atoms with Gasteiger partial charge in [-0.3, -0.25) is 4.79 Å². The Hall–Kier alpha value is -3.87. The minimum Gasteiger partial charge on any atom is -0.406 e. The maximum Gasteiger partial charge on any atom is 0.573 e. The second kappa shape index (κ2) is 7.87. The molecular formula is C23H15F3N2O2. The van der Waals surface area contributed by atoms with Gasteiger partial charge in [-0.1, -0.05) is 48.5 Å². The summed E-state index contributed by atoms with van der Waals surface area (Å²) in [6, 6.07) is 23.2. The van der Waals surface area contributed by atoms with E-state index in [1.807, 2.05) is 12.1 Å². The SMILES string of the molecule is O=C(Nc1cccc2ccc(-c3cccc(OC(F)(F)F)c3)nc12)c1ccccc1. The molecule has 0 saturated heterocycles. The Kier molecular flexibility index (Phi) is 5.10.